The largest absolute Gasteiger partial charge is 0.165 e. The third-order valence-electron chi connectivity index (χ3n) is 13.9. The Hall–Kier alpha value is -6.70. The fourth-order valence-electron chi connectivity index (χ4n) is 11.6. The van der Waals surface area contributed by atoms with Crippen molar-refractivity contribution in [1.29, 1.82) is 0 Å². The molecule has 0 saturated heterocycles. The van der Waals surface area contributed by atoms with Gasteiger partial charge in [-0.2, -0.15) is 0 Å². The molecular formula is C57H39B. The monoisotopic (exact) mass is 734 g/mol. The Balaban J connectivity index is 1.34. The van der Waals surface area contributed by atoms with Gasteiger partial charge in [0.15, 0.2) is 6.71 Å². The molecule has 1 fully saturated rings. The number of hydrogen-bond acceptors (Lipinski definition) is 0. The normalized spacial score (nSPS) is 16.0. The highest BCUT2D eigenvalue weighted by Crippen LogP contribution is 2.62. The molecule has 2 unspecified atom stereocenters. The van der Waals surface area contributed by atoms with Crippen LogP contribution in [0.3, 0.4) is 0 Å². The lowest BCUT2D eigenvalue weighted by molar-refractivity contribution is 1.05. The lowest BCUT2D eigenvalue weighted by Gasteiger charge is -2.22. The van der Waals surface area contributed by atoms with E-state index in [2.05, 4.69) is 190 Å². The van der Waals surface area contributed by atoms with Crippen LogP contribution in [0.4, 0.5) is 0 Å². The Morgan fingerprint density at radius 3 is 1.45 bits per heavy atom. The van der Waals surface area contributed by atoms with E-state index < -0.39 is 0 Å². The molecular weight excluding hydrogens is 695 g/mol. The van der Waals surface area contributed by atoms with Crippen LogP contribution in [0.15, 0.2) is 176 Å². The minimum Gasteiger partial charge on any atom is -0.0903 e. The van der Waals surface area contributed by atoms with Crippen molar-refractivity contribution in [2.75, 3.05) is 0 Å². The summed E-state index contributed by atoms with van der Waals surface area (Å²) in [6.45, 7) is 5.33. The molecule has 0 heterocycles. The Morgan fingerprint density at radius 2 is 0.879 bits per heavy atom. The first kappa shape index (κ1) is 32.4. The summed E-state index contributed by atoms with van der Waals surface area (Å²) in [5.41, 5.74) is 13.6. The van der Waals surface area contributed by atoms with Gasteiger partial charge in [0.1, 0.15) is 0 Å². The molecule has 11 aromatic carbocycles. The first-order valence-corrected chi connectivity index (χ1v) is 21.0. The second-order valence-electron chi connectivity index (χ2n) is 17.2. The van der Waals surface area contributed by atoms with Crippen molar-refractivity contribution in [2.45, 2.75) is 26.0 Å². The summed E-state index contributed by atoms with van der Waals surface area (Å²) in [6, 6.07) is 66.6. The van der Waals surface area contributed by atoms with Gasteiger partial charge in [-0.15, -0.1) is 0 Å². The maximum absolute atomic E-state index is 2.59. The van der Waals surface area contributed by atoms with Crippen molar-refractivity contribution in [3.63, 3.8) is 0 Å². The molecule has 2 atom stereocenters. The summed E-state index contributed by atoms with van der Waals surface area (Å²) in [7, 11) is 0. The van der Waals surface area contributed by atoms with E-state index in [1.165, 1.54) is 121 Å². The molecule has 270 valence electrons. The topological polar surface area (TPSA) is 0 Å². The van der Waals surface area contributed by atoms with E-state index in [0.29, 0.717) is 18.5 Å². The molecule has 0 bridgehead atoms. The average Bonchev–Trinajstić information content (AvgIpc) is 3.90. The molecule has 1 saturated carbocycles. The lowest BCUT2D eigenvalue weighted by atomic mass is 9.46. The van der Waals surface area contributed by atoms with Gasteiger partial charge in [-0.25, -0.2) is 0 Å². The predicted octanol–water partition coefficient (Wildman–Crippen LogP) is 15.0. The van der Waals surface area contributed by atoms with Crippen LogP contribution >= 0.6 is 0 Å². The van der Waals surface area contributed by atoms with Gasteiger partial charge in [0, 0.05) is 0 Å². The zero-order valence-corrected chi connectivity index (χ0v) is 32.7. The summed E-state index contributed by atoms with van der Waals surface area (Å²) in [5, 5.41) is 17.9. The molecule has 2 aliphatic rings. The second-order valence-corrected chi connectivity index (χ2v) is 17.2. The smallest absolute Gasteiger partial charge is 0.0903 e. The molecule has 1 heteroatoms. The molecule has 0 aromatic heterocycles. The van der Waals surface area contributed by atoms with Crippen molar-refractivity contribution in [3.8, 4) is 44.5 Å². The molecule has 58 heavy (non-hydrogen) atoms. The highest BCUT2D eigenvalue weighted by atomic mass is 14.5. The lowest BCUT2D eigenvalue weighted by Crippen LogP contribution is -2.22. The summed E-state index contributed by atoms with van der Waals surface area (Å²) < 4.78 is 0. The number of rotatable bonds is 5. The molecule has 11 aromatic rings. The predicted molar refractivity (Wildman–Crippen MR) is 251 cm³/mol. The van der Waals surface area contributed by atoms with E-state index in [9.17, 15) is 0 Å². The molecule has 0 N–H and O–H groups in total. The van der Waals surface area contributed by atoms with Crippen molar-refractivity contribution < 1.29 is 0 Å². The zero-order chi connectivity index (χ0) is 38.2. The summed E-state index contributed by atoms with van der Waals surface area (Å²) in [4.78, 5) is 0. The van der Waals surface area contributed by atoms with Crippen molar-refractivity contribution in [1.82, 2.24) is 0 Å². The molecule has 0 spiro atoms. The fraction of sp³-hybridized carbons (Fsp3) is 0.0877. The van der Waals surface area contributed by atoms with E-state index in [-0.39, 0.29) is 0 Å². The fourth-order valence-corrected chi connectivity index (χ4v) is 11.6. The van der Waals surface area contributed by atoms with Crippen molar-refractivity contribution in [2.24, 2.45) is 5.92 Å². The summed E-state index contributed by atoms with van der Waals surface area (Å²) in [5.74, 6) is 1.13. The number of benzene rings is 9. The molecule has 2 aliphatic carbocycles. The standard InChI is InChI=1S/C57H39B/c1-58(2)57-43-29-15-28-42-53(43)55(48-32-49(48)57)56-52(39-25-12-10-23-37(39)34-18-7-4-8-19-34)47-31-45-41-27-14-21-35-20-13-26-40(50(35)41)44(45)30-46(47)51(54(42)56)38-24-11-9-22-36(38)33-16-5-3-6-17-33/h3-31,48-49H,32H2,1-2H3. The molecule has 0 radical (unpaired) electrons. The van der Waals surface area contributed by atoms with Crippen molar-refractivity contribution >= 4 is 76.8 Å². The highest BCUT2D eigenvalue weighted by Gasteiger charge is 2.48. The maximum Gasteiger partial charge on any atom is 0.165 e. The summed E-state index contributed by atoms with van der Waals surface area (Å²) >= 11 is 0. The highest BCUT2D eigenvalue weighted by molar-refractivity contribution is 6.75. The van der Waals surface area contributed by atoms with Gasteiger partial charge in [0.2, 0.25) is 0 Å². The van der Waals surface area contributed by atoms with Crippen LogP contribution in [-0.2, 0) is 0 Å². The molecule has 13 rings (SSSR count). The first-order chi connectivity index (χ1) is 28.7. The van der Waals surface area contributed by atoms with Gasteiger partial charge in [-0.1, -0.05) is 183 Å². The Labute approximate surface area is 338 Å². The SMILES string of the molecule is CB(C)C1=c2cccc3c2c(c2c(-c4ccccc4-c4ccccc4)c4cc5c(cc4c(-c4ccccc4-c4ccccc4)c23)c2cccc3cccc5c32)C2CC12. The quantitative estimate of drug-likeness (QED) is 0.155. The first-order valence-electron chi connectivity index (χ1n) is 21.0. The Bertz CT molecular complexity index is 3550. The van der Waals surface area contributed by atoms with Crippen molar-refractivity contribution in [3.05, 3.63) is 187 Å². The van der Waals surface area contributed by atoms with Gasteiger partial charge in [0.25, 0.3) is 0 Å². The minimum atomic E-state index is 0.508. The number of hydrogen-bond donors (Lipinski definition) is 0. The molecule has 0 amide bonds. The van der Waals surface area contributed by atoms with E-state index >= 15 is 0 Å². The van der Waals surface area contributed by atoms with E-state index in [0.717, 1.165) is 0 Å². The second kappa shape index (κ2) is 11.9. The van der Waals surface area contributed by atoms with Crippen LogP contribution in [-0.4, -0.2) is 6.71 Å². The van der Waals surface area contributed by atoms with E-state index in [4.69, 9.17) is 0 Å². The minimum absolute atomic E-state index is 0.508. The van der Waals surface area contributed by atoms with Crippen LogP contribution in [0.2, 0.25) is 13.6 Å². The Morgan fingerprint density at radius 1 is 0.379 bits per heavy atom. The third kappa shape index (κ3) is 4.31. The van der Waals surface area contributed by atoms with Gasteiger partial charge in [-0.3, -0.25) is 0 Å². The van der Waals surface area contributed by atoms with Gasteiger partial charge >= 0.3 is 0 Å². The third-order valence-corrected chi connectivity index (χ3v) is 13.9. The van der Waals surface area contributed by atoms with Crippen LogP contribution in [0, 0.1) is 5.92 Å². The van der Waals surface area contributed by atoms with E-state index in [1.807, 2.05) is 0 Å². The van der Waals surface area contributed by atoms with Crippen LogP contribution in [0.5, 0.6) is 0 Å². The van der Waals surface area contributed by atoms with Gasteiger partial charge in [-0.05, 0) is 150 Å². The Kier molecular flexibility index (Phi) is 6.66. The maximum atomic E-state index is 2.59. The molecule has 0 aliphatic heterocycles. The average molecular weight is 735 g/mol. The van der Waals surface area contributed by atoms with E-state index in [1.54, 1.807) is 11.0 Å². The van der Waals surface area contributed by atoms with Gasteiger partial charge in [0.05, 0.1) is 0 Å². The summed E-state index contributed by atoms with van der Waals surface area (Å²) in [6.07, 6.45) is 1.23. The zero-order valence-electron chi connectivity index (χ0n) is 32.7. The van der Waals surface area contributed by atoms with Crippen LogP contribution < -0.4 is 5.22 Å². The van der Waals surface area contributed by atoms with Crippen LogP contribution in [0.25, 0.3) is 115 Å². The van der Waals surface area contributed by atoms with Gasteiger partial charge < -0.3 is 0 Å². The van der Waals surface area contributed by atoms with Crippen LogP contribution in [0.1, 0.15) is 17.9 Å². The molecule has 0 nitrogen and oxygen atoms in total. The number of fused-ring (bicyclic) bond motifs is 9.